The molecule has 1 fully saturated rings. The van der Waals surface area contributed by atoms with Gasteiger partial charge in [0.05, 0.1) is 5.60 Å². The summed E-state index contributed by atoms with van der Waals surface area (Å²) in [5.74, 6) is 0.205. The average molecular weight is 199 g/mol. The molecule has 0 saturated heterocycles. The molecule has 1 N–H and O–H groups in total. The van der Waals surface area contributed by atoms with Crippen molar-refractivity contribution < 1.29 is 9.90 Å². The Morgan fingerprint density at radius 3 is 2.43 bits per heavy atom. The molecule has 0 aromatic carbocycles. The van der Waals surface area contributed by atoms with Crippen LogP contribution in [-0.2, 0) is 4.79 Å². The first-order chi connectivity index (χ1) is 6.46. The Morgan fingerprint density at radius 1 is 1.50 bits per heavy atom. The third-order valence-corrected chi connectivity index (χ3v) is 3.28. The van der Waals surface area contributed by atoms with E-state index < -0.39 is 5.60 Å². The number of carbonyl (C=O) groups excluding carboxylic acids is 1. The van der Waals surface area contributed by atoms with E-state index in [4.69, 9.17) is 0 Å². The molecule has 0 aliphatic heterocycles. The fourth-order valence-corrected chi connectivity index (χ4v) is 2.06. The molecule has 0 bridgehead atoms. The van der Waals surface area contributed by atoms with Crippen LogP contribution in [0, 0.1) is 0 Å². The van der Waals surface area contributed by atoms with Crippen LogP contribution in [-0.4, -0.2) is 34.6 Å². The molecular weight excluding hydrogens is 178 g/mol. The van der Waals surface area contributed by atoms with Crippen molar-refractivity contribution in [2.24, 2.45) is 0 Å². The molecule has 14 heavy (non-hydrogen) atoms. The van der Waals surface area contributed by atoms with Crippen LogP contribution in [0.25, 0.3) is 0 Å². The van der Waals surface area contributed by atoms with E-state index in [2.05, 4.69) is 0 Å². The number of aliphatic hydroxyl groups is 1. The SMILES string of the molecule is CCC(=O)N(C)C1CCC(C)(O)CC1. The number of carbonyl (C=O) groups is 1. The fourth-order valence-electron chi connectivity index (χ4n) is 2.06. The molecule has 1 aliphatic carbocycles. The van der Waals surface area contributed by atoms with Crippen molar-refractivity contribution >= 4 is 5.91 Å². The quantitative estimate of drug-likeness (QED) is 0.733. The molecule has 0 spiro atoms. The van der Waals surface area contributed by atoms with Crippen molar-refractivity contribution in [1.82, 2.24) is 4.90 Å². The molecular formula is C11H21NO2. The zero-order chi connectivity index (χ0) is 10.8. The van der Waals surface area contributed by atoms with E-state index in [1.165, 1.54) is 0 Å². The highest BCUT2D eigenvalue weighted by atomic mass is 16.3. The van der Waals surface area contributed by atoms with Crippen LogP contribution in [0.3, 0.4) is 0 Å². The molecule has 0 aromatic heterocycles. The number of nitrogens with zero attached hydrogens (tertiary/aromatic N) is 1. The van der Waals surface area contributed by atoms with Gasteiger partial charge >= 0.3 is 0 Å². The number of hydrogen-bond acceptors (Lipinski definition) is 2. The third kappa shape index (κ3) is 2.71. The summed E-state index contributed by atoms with van der Waals surface area (Å²) < 4.78 is 0. The van der Waals surface area contributed by atoms with Crippen LogP contribution >= 0.6 is 0 Å². The van der Waals surface area contributed by atoms with Crippen molar-refractivity contribution in [3.8, 4) is 0 Å². The summed E-state index contributed by atoms with van der Waals surface area (Å²) in [6.45, 7) is 3.77. The van der Waals surface area contributed by atoms with Gasteiger partial charge in [-0.1, -0.05) is 6.92 Å². The zero-order valence-electron chi connectivity index (χ0n) is 9.42. The van der Waals surface area contributed by atoms with Crippen molar-refractivity contribution in [3.63, 3.8) is 0 Å². The minimum absolute atomic E-state index is 0.205. The lowest BCUT2D eigenvalue weighted by Crippen LogP contribution is -2.43. The van der Waals surface area contributed by atoms with Crippen LogP contribution in [0.2, 0.25) is 0 Å². The van der Waals surface area contributed by atoms with E-state index in [1.54, 1.807) is 0 Å². The van der Waals surface area contributed by atoms with E-state index >= 15 is 0 Å². The van der Waals surface area contributed by atoms with E-state index in [1.807, 2.05) is 25.8 Å². The summed E-state index contributed by atoms with van der Waals surface area (Å²) in [7, 11) is 1.87. The van der Waals surface area contributed by atoms with Gasteiger partial charge in [-0.15, -0.1) is 0 Å². The van der Waals surface area contributed by atoms with E-state index in [9.17, 15) is 9.90 Å². The monoisotopic (exact) mass is 199 g/mol. The molecule has 0 atom stereocenters. The lowest BCUT2D eigenvalue weighted by atomic mass is 9.83. The summed E-state index contributed by atoms with van der Waals surface area (Å²) in [6, 6.07) is 0.336. The number of hydrogen-bond donors (Lipinski definition) is 1. The van der Waals surface area contributed by atoms with Crippen molar-refractivity contribution in [3.05, 3.63) is 0 Å². The van der Waals surface area contributed by atoms with Gasteiger partial charge in [0.25, 0.3) is 0 Å². The summed E-state index contributed by atoms with van der Waals surface area (Å²) in [5, 5.41) is 9.77. The molecule has 0 radical (unpaired) electrons. The van der Waals surface area contributed by atoms with Gasteiger partial charge in [-0.2, -0.15) is 0 Å². The van der Waals surface area contributed by atoms with Crippen molar-refractivity contribution in [2.75, 3.05) is 7.05 Å². The van der Waals surface area contributed by atoms with E-state index in [0.717, 1.165) is 25.7 Å². The predicted molar refractivity (Wildman–Crippen MR) is 55.9 cm³/mol. The van der Waals surface area contributed by atoms with Crippen molar-refractivity contribution in [1.29, 1.82) is 0 Å². The summed E-state index contributed by atoms with van der Waals surface area (Å²) in [5.41, 5.74) is -0.507. The molecule has 3 nitrogen and oxygen atoms in total. The Bertz CT molecular complexity index is 203. The maximum absolute atomic E-state index is 11.4. The van der Waals surface area contributed by atoms with E-state index in [0.29, 0.717) is 12.5 Å². The minimum atomic E-state index is -0.507. The van der Waals surface area contributed by atoms with E-state index in [-0.39, 0.29) is 5.91 Å². The Hall–Kier alpha value is -0.570. The van der Waals surface area contributed by atoms with Crippen LogP contribution in [0.4, 0.5) is 0 Å². The highest BCUT2D eigenvalue weighted by Gasteiger charge is 2.31. The number of amides is 1. The Balaban J connectivity index is 2.45. The van der Waals surface area contributed by atoms with Crippen LogP contribution < -0.4 is 0 Å². The normalized spacial score (nSPS) is 32.7. The van der Waals surface area contributed by atoms with Gasteiger partial charge in [0.15, 0.2) is 0 Å². The molecule has 82 valence electrons. The first-order valence-corrected chi connectivity index (χ1v) is 5.44. The third-order valence-electron chi connectivity index (χ3n) is 3.28. The molecule has 1 aliphatic rings. The minimum Gasteiger partial charge on any atom is -0.390 e. The van der Waals surface area contributed by atoms with Gasteiger partial charge in [0.2, 0.25) is 5.91 Å². The lowest BCUT2D eigenvalue weighted by molar-refractivity contribution is -0.133. The largest absolute Gasteiger partial charge is 0.390 e. The fraction of sp³-hybridized carbons (Fsp3) is 0.909. The molecule has 0 heterocycles. The van der Waals surface area contributed by atoms with Crippen molar-refractivity contribution in [2.45, 2.75) is 57.6 Å². The van der Waals surface area contributed by atoms with Gasteiger partial charge in [-0.25, -0.2) is 0 Å². The van der Waals surface area contributed by atoms with Crippen LogP contribution in [0.5, 0.6) is 0 Å². The molecule has 1 amide bonds. The summed E-state index contributed by atoms with van der Waals surface area (Å²) in [6.07, 6.45) is 4.03. The van der Waals surface area contributed by atoms with Crippen LogP contribution in [0.1, 0.15) is 46.0 Å². The van der Waals surface area contributed by atoms with Gasteiger partial charge in [-0.3, -0.25) is 4.79 Å². The summed E-state index contributed by atoms with van der Waals surface area (Å²) in [4.78, 5) is 13.3. The highest BCUT2D eigenvalue weighted by Crippen LogP contribution is 2.30. The van der Waals surface area contributed by atoms with Gasteiger partial charge in [0.1, 0.15) is 0 Å². The zero-order valence-corrected chi connectivity index (χ0v) is 9.42. The maximum Gasteiger partial charge on any atom is 0.222 e. The second-order valence-corrected chi connectivity index (χ2v) is 4.59. The Labute approximate surface area is 86.1 Å². The highest BCUT2D eigenvalue weighted by molar-refractivity contribution is 5.75. The smallest absolute Gasteiger partial charge is 0.222 e. The Morgan fingerprint density at radius 2 is 2.00 bits per heavy atom. The molecule has 0 aromatic rings. The first kappa shape index (κ1) is 11.5. The van der Waals surface area contributed by atoms with Crippen LogP contribution in [0.15, 0.2) is 0 Å². The molecule has 3 heteroatoms. The number of rotatable bonds is 2. The first-order valence-electron chi connectivity index (χ1n) is 5.44. The Kier molecular flexibility index (Phi) is 3.53. The summed E-state index contributed by atoms with van der Waals surface area (Å²) >= 11 is 0. The van der Waals surface area contributed by atoms with Gasteiger partial charge in [0, 0.05) is 19.5 Å². The molecule has 1 saturated carbocycles. The average Bonchev–Trinajstić information content (AvgIpc) is 2.15. The topological polar surface area (TPSA) is 40.5 Å². The lowest BCUT2D eigenvalue weighted by Gasteiger charge is -2.37. The second kappa shape index (κ2) is 4.30. The predicted octanol–water partition coefficient (Wildman–Crippen LogP) is 1.55. The molecule has 1 rings (SSSR count). The molecule has 0 unspecified atom stereocenters. The maximum atomic E-state index is 11.4. The standard InChI is InChI=1S/C11H21NO2/c1-4-10(13)12(3)9-5-7-11(2,14)8-6-9/h9,14H,4-8H2,1-3H3. The second-order valence-electron chi connectivity index (χ2n) is 4.59. The van der Waals surface area contributed by atoms with Gasteiger partial charge < -0.3 is 10.0 Å². The van der Waals surface area contributed by atoms with Gasteiger partial charge in [-0.05, 0) is 32.6 Å².